The highest BCUT2D eigenvalue weighted by atomic mass is 16.5. The van der Waals surface area contributed by atoms with Gasteiger partial charge < -0.3 is 19.9 Å². The first-order valence-corrected chi connectivity index (χ1v) is 8.76. The van der Waals surface area contributed by atoms with Crippen LogP contribution in [0.2, 0.25) is 0 Å². The molecule has 2 N–H and O–H groups in total. The molecule has 1 heterocycles. The van der Waals surface area contributed by atoms with Crippen molar-refractivity contribution in [1.29, 1.82) is 0 Å². The average molecular weight is 355 g/mol. The predicted octanol–water partition coefficient (Wildman–Crippen LogP) is 3.30. The molecule has 0 fully saturated rings. The fraction of sp³-hybridized carbons (Fsp3) is 0.381. The first-order valence-electron chi connectivity index (χ1n) is 8.76. The van der Waals surface area contributed by atoms with Crippen LogP contribution in [-0.2, 0) is 9.47 Å². The van der Waals surface area contributed by atoms with Crippen LogP contribution in [0.1, 0.15) is 37.0 Å². The van der Waals surface area contributed by atoms with Gasteiger partial charge in [-0.15, -0.1) is 0 Å². The molecule has 26 heavy (non-hydrogen) atoms. The molecule has 5 heteroatoms. The number of methoxy groups -OCH3 is 1. The van der Waals surface area contributed by atoms with Gasteiger partial charge in [0.1, 0.15) is 6.26 Å². The van der Waals surface area contributed by atoms with Gasteiger partial charge in [0.2, 0.25) is 0 Å². The van der Waals surface area contributed by atoms with E-state index in [0.29, 0.717) is 17.7 Å². The van der Waals surface area contributed by atoms with Gasteiger partial charge >= 0.3 is 0 Å². The molecule has 138 valence electrons. The minimum atomic E-state index is -0.371. The summed E-state index contributed by atoms with van der Waals surface area (Å²) in [7, 11) is 1.62. The quantitative estimate of drug-likeness (QED) is 0.822. The van der Waals surface area contributed by atoms with Crippen LogP contribution in [0.4, 0.5) is 0 Å². The van der Waals surface area contributed by atoms with E-state index < -0.39 is 0 Å². The molecule has 0 aromatic heterocycles. The summed E-state index contributed by atoms with van der Waals surface area (Å²) in [6.07, 6.45) is 4.73. The first-order chi connectivity index (χ1) is 12.5. The van der Waals surface area contributed by atoms with Gasteiger partial charge in [-0.3, -0.25) is 4.79 Å². The SMILES string of the molecule is COC1=COC=C2CC(C)(C)C(CC(CO)NC(=O)c3ccccc3)=C21. The molecule has 1 amide bonds. The van der Waals surface area contributed by atoms with Gasteiger partial charge in [0.15, 0.2) is 5.76 Å². The lowest BCUT2D eigenvalue weighted by molar-refractivity contribution is 0.0914. The Balaban J connectivity index is 1.84. The van der Waals surface area contributed by atoms with E-state index in [4.69, 9.17) is 9.47 Å². The molecule has 1 aromatic rings. The number of fused-ring (bicyclic) bond motifs is 1. The van der Waals surface area contributed by atoms with Crippen molar-refractivity contribution in [2.45, 2.75) is 32.7 Å². The molecule has 1 atom stereocenters. The largest absolute Gasteiger partial charge is 0.493 e. The normalized spacial score (nSPS) is 19.1. The molecular formula is C21H25NO4. The highest BCUT2D eigenvalue weighted by Crippen LogP contribution is 2.50. The summed E-state index contributed by atoms with van der Waals surface area (Å²) in [6.45, 7) is 4.19. The molecule has 1 aliphatic heterocycles. The monoisotopic (exact) mass is 355 g/mol. The minimum Gasteiger partial charge on any atom is -0.493 e. The second-order valence-corrected chi connectivity index (χ2v) is 7.30. The molecular weight excluding hydrogens is 330 g/mol. The zero-order chi connectivity index (χ0) is 18.7. The number of rotatable bonds is 6. The van der Waals surface area contributed by atoms with Crippen LogP contribution < -0.4 is 5.32 Å². The Morgan fingerprint density at radius 1 is 1.31 bits per heavy atom. The van der Waals surface area contributed by atoms with Crippen molar-refractivity contribution in [2.24, 2.45) is 5.41 Å². The lowest BCUT2D eigenvalue weighted by Crippen LogP contribution is -2.38. The summed E-state index contributed by atoms with van der Waals surface area (Å²) >= 11 is 0. The smallest absolute Gasteiger partial charge is 0.251 e. The number of aliphatic hydroxyl groups is 1. The Bertz CT molecular complexity index is 774. The van der Waals surface area contributed by atoms with E-state index >= 15 is 0 Å². The topological polar surface area (TPSA) is 67.8 Å². The third kappa shape index (κ3) is 3.53. The fourth-order valence-corrected chi connectivity index (χ4v) is 3.64. The van der Waals surface area contributed by atoms with Gasteiger partial charge in [-0.05, 0) is 36.0 Å². The van der Waals surface area contributed by atoms with Crippen LogP contribution in [0.5, 0.6) is 0 Å². The molecule has 0 bridgehead atoms. The molecule has 1 unspecified atom stereocenters. The van der Waals surface area contributed by atoms with Crippen LogP contribution in [0.15, 0.2) is 65.3 Å². The number of aliphatic hydroxyl groups excluding tert-OH is 1. The number of carbonyl (C=O) groups excluding carboxylic acids is 1. The number of amides is 1. The van der Waals surface area contributed by atoms with Crippen LogP contribution in [-0.4, -0.2) is 30.8 Å². The highest BCUT2D eigenvalue weighted by Gasteiger charge is 2.40. The van der Waals surface area contributed by atoms with Crippen LogP contribution in [0.3, 0.4) is 0 Å². The summed E-state index contributed by atoms with van der Waals surface area (Å²) in [5, 5.41) is 12.8. The summed E-state index contributed by atoms with van der Waals surface area (Å²) in [5.41, 5.74) is 3.77. The molecule has 0 saturated heterocycles. The average Bonchev–Trinajstić information content (AvgIpc) is 2.91. The Kier molecular flexibility index (Phi) is 5.18. The van der Waals surface area contributed by atoms with Gasteiger partial charge in [0, 0.05) is 11.1 Å². The van der Waals surface area contributed by atoms with Gasteiger partial charge in [0.25, 0.3) is 5.91 Å². The Morgan fingerprint density at radius 2 is 2.04 bits per heavy atom. The van der Waals surface area contributed by atoms with E-state index in [1.807, 2.05) is 18.2 Å². The van der Waals surface area contributed by atoms with E-state index in [1.54, 1.807) is 31.8 Å². The second-order valence-electron chi connectivity index (χ2n) is 7.30. The molecule has 3 rings (SSSR count). The van der Waals surface area contributed by atoms with E-state index in [0.717, 1.165) is 23.1 Å². The van der Waals surface area contributed by atoms with Gasteiger partial charge in [-0.1, -0.05) is 37.6 Å². The van der Waals surface area contributed by atoms with Crippen molar-refractivity contribution in [3.8, 4) is 0 Å². The molecule has 5 nitrogen and oxygen atoms in total. The summed E-state index contributed by atoms with van der Waals surface area (Å²) in [4.78, 5) is 12.4. The van der Waals surface area contributed by atoms with Gasteiger partial charge in [0.05, 0.1) is 26.0 Å². The lowest BCUT2D eigenvalue weighted by atomic mass is 9.82. The number of benzene rings is 1. The number of ether oxygens (including phenoxy) is 2. The van der Waals surface area contributed by atoms with Crippen molar-refractivity contribution in [2.75, 3.05) is 13.7 Å². The molecule has 1 aliphatic carbocycles. The number of hydrogen-bond acceptors (Lipinski definition) is 4. The fourth-order valence-electron chi connectivity index (χ4n) is 3.64. The van der Waals surface area contributed by atoms with E-state index in [9.17, 15) is 9.90 Å². The van der Waals surface area contributed by atoms with Crippen LogP contribution in [0.25, 0.3) is 0 Å². The van der Waals surface area contributed by atoms with Gasteiger partial charge in [-0.2, -0.15) is 0 Å². The van der Waals surface area contributed by atoms with E-state index in [-0.39, 0.29) is 24.0 Å². The Hall–Kier alpha value is -2.53. The highest BCUT2D eigenvalue weighted by molar-refractivity contribution is 5.94. The van der Waals surface area contributed by atoms with E-state index in [2.05, 4.69) is 19.2 Å². The van der Waals surface area contributed by atoms with Crippen LogP contribution in [0, 0.1) is 5.41 Å². The van der Waals surface area contributed by atoms with Crippen molar-refractivity contribution < 1.29 is 19.4 Å². The van der Waals surface area contributed by atoms with Crippen LogP contribution >= 0.6 is 0 Å². The third-order valence-corrected chi connectivity index (χ3v) is 4.97. The molecule has 0 radical (unpaired) electrons. The Labute approximate surface area is 154 Å². The van der Waals surface area contributed by atoms with Crippen molar-refractivity contribution >= 4 is 5.91 Å². The van der Waals surface area contributed by atoms with Gasteiger partial charge in [-0.25, -0.2) is 0 Å². The maximum Gasteiger partial charge on any atom is 0.251 e. The molecule has 2 aliphatic rings. The number of hydrogen-bond donors (Lipinski definition) is 2. The minimum absolute atomic E-state index is 0.0998. The standard InChI is InChI=1S/C21H25NO4/c1-21(2)10-15-12-26-13-18(25-3)19(15)17(21)9-16(11-23)22-20(24)14-7-5-4-6-8-14/h4-8,12-13,16,23H,9-11H2,1-3H3,(H,22,24). The van der Waals surface area contributed by atoms with Crippen molar-refractivity contribution in [3.05, 3.63) is 70.9 Å². The number of nitrogens with one attached hydrogen (secondary N) is 1. The maximum atomic E-state index is 12.4. The third-order valence-electron chi connectivity index (χ3n) is 4.97. The zero-order valence-electron chi connectivity index (χ0n) is 15.4. The maximum absolute atomic E-state index is 12.4. The Morgan fingerprint density at radius 3 is 2.69 bits per heavy atom. The lowest BCUT2D eigenvalue weighted by Gasteiger charge is -2.26. The second kappa shape index (κ2) is 7.38. The first kappa shape index (κ1) is 18.3. The van der Waals surface area contributed by atoms with Crippen molar-refractivity contribution in [3.63, 3.8) is 0 Å². The molecule has 0 spiro atoms. The van der Waals surface area contributed by atoms with E-state index in [1.165, 1.54) is 0 Å². The number of allylic oxidation sites excluding steroid dienone is 1. The summed E-state index contributed by atoms with van der Waals surface area (Å²) in [6, 6.07) is 8.66. The zero-order valence-corrected chi connectivity index (χ0v) is 15.4. The molecule has 0 saturated carbocycles. The summed E-state index contributed by atoms with van der Waals surface area (Å²) < 4.78 is 10.9. The number of carbonyl (C=O) groups is 1. The predicted molar refractivity (Wildman–Crippen MR) is 99.1 cm³/mol. The van der Waals surface area contributed by atoms with Crippen molar-refractivity contribution in [1.82, 2.24) is 5.32 Å². The summed E-state index contributed by atoms with van der Waals surface area (Å²) in [5.74, 6) is 0.505. The molecule has 1 aromatic carbocycles.